The Bertz CT molecular complexity index is 421. The molecule has 0 aromatic heterocycles. The minimum Gasteiger partial charge on any atom is -0.393 e. The van der Waals surface area contributed by atoms with Crippen molar-refractivity contribution in [2.24, 2.45) is 0 Å². The average molecular weight is 242 g/mol. The Labute approximate surface area is 98.0 Å². The molecule has 1 aromatic rings. The Morgan fingerprint density at radius 1 is 1.62 bits per heavy atom. The number of nitrogens with zero attached hydrogens (tertiary/aromatic N) is 1. The Balaban J connectivity index is 2.71. The zero-order valence-corrected chi connectivity index (χ0v) is 9.33. The Kier molecular flexibility index (Phi) is 4.28. The van der Waals surface area contributed by atoms with Gasteiger partial charge in [0, 0.05) is 24.2 Å². The summed E-state index contributed by atoms with van der Waals surface area (Å²) < 4.78 is 0. The van der Waals surface area contributed by atoms with Crippen molar-refractivity contribution in [2.75, 3.05) is 12.3 Å². The minimum absolute atomic E-state index is 0.0796. The van der Waals surface area contributed by atoms with E-state index in [9.17, 15) is 10.1 Å². The third-order valence-corrected chi connectivity index (χ3v) is 2.07. The number of hydrogen-bond donors (Lipinski definition) is 2. The first kappa shape index (κ1) is 12.5. The van der Waals surface area contributed by atoms with Crippen molar-refractivity contribution in [3.63, 3.8) is 0 Å². The molecule has 0 aliphatic carbocycles. The Morgan fingerprint density at radius 2 is 2.31 bits per heavy atom. The third kappa shape index (κ3) is 3.52. The summed E-state index contributed by atoms with van der Waals surface area (Å²) in [5.41, 5.74) is 6.33. The average Bonchev–Trinajstić information content (AvgIpc) is 2.19. The summed E-state index contributed by atoms with van der Waals surface area (Å²) in [6.45, 7) is 4.46. The maximum Gasteiger partial charge on any atom is 0.292 e. The van der Waals surface area contributed by atoms with Crippen molar-refractivity contribution < 1.29 is 4.92 Å². The van der Waals surface area contributed by atoms with Crippen LogP contribution in [-0.4, -0.2) is 11.5 Å². The number of nitro groups is 1. The van der Waals surface area contributed by atoms with Crippen molar-refractivity contribution in [1.82, 2.24) is 5.32 Å². The van der Waals surface area contributed by atoms with Crippen LogP contribution in [-0.2, 0) is 6.54 Å². The number of benzene rings is 1. The molecule has 5 nitrogen and oxygen atoms in total. The van der Waals surface area contributed by atoms with E-state index < -0.39 is 4.92 Å². The first-order chi connectivity index (χ1) is 7.50. The molecule has 0 aliphatic heterocycles. The van der Waals surface area contributed by atoms with Crippen LogP contribution in [0.3, 0.4) is 0 Å². The van der Waals surface area contributed by atoms with Crippen molar-refractivity contribution in [1.29, 1.82) is 0 Å². The molecule has 0 spiro atoms. The highest BCUT2D eigenvalue weighted by molar-refractivity contribution is 6.29. The minimum atomic E-state index is -0.501. The zero-order chi connectivity index (χ0) is 12.1. The van der Waals surface area contributed by atoms with Gasteiger partial charge in [-0.25, -0.2) is 0 Å². The number of hydrogen-bond acceptors (Lipinski definition) is 4. The molecular formula is C10H12ClN3O2. The quantitative estimate of drug-likeness (QED) is 0.469. The number of nitrogens with two attached hydrogens (primary N) is 1. The molecule has 0 aliphatic rings. The van der Waals surface area contributed by atoms with E-state index in [2.05, 4.69) is 11.9 Å². The van der Waals surface area contributed by atoms with Crippen LogP contribution in [0.25, 0.3) is 0 Å². The second-order valence-electron chi connectivity index (χ2n) is 3.27. The highest BCUT2D eigenvalue weighted by Crippen LogP contribution is 2.22. The summed E-state index contributed by atoms with van der Waals surface area (Å²) in [5, 5.41) is 14.1. The van der Waals surface area contributed by atoms with Gasteiger partial charge in [0.15, 0.2) is 0 Å². The first-order valence-corrected chi connectivity index (χ1v) is 4.95. The van der Waals surface area contributed by atoms with Gasteiger partial charge in [0.05, 0.1) is 4.92 Å². The summed E-state index contributed by atoms with van der Waals surface area (Å²) >= 11 is 5.57. The molecule has 0 heterocycles. The highest BCUT2D eigenvalue weighted by Gasteiger charge is 2.11. The lowest BCUT2D eigenvalue weighted by atomic mass is 10.2. The van der Waals surface area contributed by atoms with Gasteiger partial charge in [-0.15, -0.1) is 0 Å². The van der Waals surface area contributed by atoms with E-state index in [1.165, 1.54) is 12.1 Å². The molecule has 0 radical (unpaired) electrons. The van der Waals surface area contributed by atoms with E-state index in [0.29, 0.717) is 18.1 Å². The molecule has 0 bridgehead atoms. The molecule has 86 valence electrons. The molecule has 3 N–H and O–H groups in total. The maximum atomic E-state index is 10.6. The number of nitrogens with one attached hydrogen (secondary N) is 1. The molecule has 1 rings (SSSR count). The van der Waals surface area contributed by atoms with E-state index in [0.717, 1.165) is 5.56 Å². The molecule has 0 fully saturated rings. The second-order valence-corrected chi connectivity index (χ2v) is 3.81. The molecule has 6 heteroatoms. The molecule has 0 amide bonds. The smallest absolute Gasteiger partial charge is 0.292 e. The van der Waals surface area contributed by atoms with Gasteiger partial charge in [0.2, 0.25) is 0 Å². The van der Waals surface area contributed by atoms with E-state index in [1.54, 1.807) is 6.07 Å². The van der Waals surface area contributed by atoms with E-state index >= 15 is 0 Å². The fourth-order valence-electron chi connectivity index (χ4n) is 1.20. The summed E-state index contributed by atoms with van der Waals surface area (Å²) in [5.74, 6) is 0. The Hall–Kier alpha value is -1.59. The normalized spacial score (nSPS) is 10.1. The largest absolute Gasteiger partial charge is 0.393 e. The van der Waals surface area contributed by atoms with Crippen molar-refractivity contribution >= 4 is 23.0 Å². The lowest BCUT2D eigenvalue weighted by molar-refractivity contribution is -0.384. The third-order valence-electron chi connectivity index (χ3n) is 1.94. The number of halogens is 1. The summed E-state index contributed by atoms with van der Waals surface area (Å²) in [6.07, 6.45) is 0. The van der Waals surface area contributed by atoms with Gasteiger partial charge in [-0.2, -0.15) is 0 Å². The van der Waals surface area contributed by atoms with Crippen molar-refractivity contribution in [2.45, 2.75) is 6.54 Å². The highest BCUT2D eigenvalue weighted by atomic mass is 35.5. The van der Waals surface area contributed by atoms with Crippen LogP contribution in [0.1, 0.15) is 5.56 Å². The maximum absolute atomic E-state index is 10.6. The lowest BCUT2D eigenvalue weighted by Gasteiger charge is -2.04. The van der Waals surface area contributed by atoms with Crippen LogP contribution < -0.4 is 11.1 Å². The topological polar surface area (TPSA) is 81.2 Å². The van der Waals surface area contributed by atoms with Gasteiger partial charge in [0.1, 0.15) is 5.69 Å². The van der Waals surface area contributed by atoms with Crippen molar-refractivity contribution in [3.8, 4) is 0 Å². The van der Waals surface area contributed by atoms with Gasteiger partial charge in [-0.05, 0) is 11.6 Å². The summed E-state index contributed by atoms with van der Waals surface area (Å²) in [6, 6.07) is 4.69. The molecular weight excluding hydrogens is 230 g/mol. The van der Waals surface area contributed by atoms with Crippen LogP contribution in [0.5, 0.6) is 0 Å². The predicted molar refractivity (Wildman–Crippen MR) is 64.2 cm³/mol. The molecule has 0 atom stereocenters. The van der Waals surface area contributed by atoms with Gasteiger partial charge >= 0.3 is 0 Å². The fourth-order valence-corrected chi connectivity index (χ4v) is 1.29. The molecule has 0 unspecified atom stereocenters. The van der Waals surface area contributed by atoms with Crippen LogP contribution >= 0.6 is 11.6 Å². The zero-order valence-electron chi connectivity index (χ0n) is 8.57. The van der Waals surface area contributed by atoms with Crippen LogP contribution in [0.15, 0.2) is 29.8 Å². The number of rotatable bonds is 5. The predicted octanol–water partition coefficient (Wildman–Crippen LogP) is 2.02. The van der Waals surface area contributed by atoms with Crippen LogP contribution in [0, 0.1) is 10.1 Å². The fraction of sp³-hybridized carbons (Fsp3) is 0.200. The molecule has 16 heavy (non-hydrogen) atoms. The van der Waals surface area contributed by atoms with Crippen LogP contribution in [0.2, 0.25) is 0 Å². The lowest BCUT2D eigenvalue weighted by Crippen LogP contribution is -2.14. The number of nitro benzene ring substituents is 1. The molecule has 1 aromatic carbocycles. The van der Waals surface area contributed by atoms with E-state index in [-0.39, 0.29) is 11.4 Å². The van der Waals surface area contributed by atoms with Gasteiger partial charge in [0.25, 0.3) is 5.69 Å². The monoisotopic (exact) mass is 241 g/mol. The van der Waals surface area contributed by atoms with E-state index in [4.69, 9.17) is 17.3 Å². The molecule has 0 saturated heterocycles. The summed E-state index contributed by atoms with van der Waals surface area (Å²) in [7, 11) is 0. The van der Waals surface area contributed by atoms with Crippen molar-refractivity contribution in [3.05, 3.63) is 45.5 Å². The molecule has 0 saturated carbocycles. The summed E-state index contributed by atoms with van der Waals surface area (Å²) in [4.78, 5) is 10.1. The van der Waals surface area contributed by atoms with Crippen LogP contribution in [0.4, 0.5) is 11.4 Å². The standard InChI is InChI=1S/C10H12ClN3O2/c1-7(11)5-13-6-8-2-3-9(12)10(4-8)14(15)16/h2-4,13H,1,5-6,12H2. The van der Waals surface area contributed by atoms with Gasteiger partial charge in [-0.3, -0.25) is 10.1 Å². The van der Waals surface area contributed by atoms with Gasteiger partial charge < -0.3 is 11.1 Å². The van der Waals surface area contributed by atoms with Gasteiger partial charge in [-0.1, -0.05) is 24.2 Å². The van der Waals surface area contributed by atoms with E-state index in [1.807, 2.05) is 0 Å². The Morgan fingerprint density at radius 3 is 2.88 bits per heavy atom. The number of nitrogen functional groups attached to an aromatic ring is 1. The first-order valence-electron chi connectivity index (χ1n) is 4.57. The SMILES string of the molecule is C=C(Cl)CNCc1ccc(N)c([N+](=O)[O-])c1. The number of anilines is 1. The second kappa shape index (κ2) is 5.48.